The molecule has 122 valence electrons. The number of hydrogen-bond donors (Lipinski definition) is 1. The van der Waals surface area contributed by atoms with Gasteiger partial charge in [-0.15, -0.1) is 22.6 Å². The molecule has 0 aliphatic carbocycles. The third-order valence-corrected chi connectivity index (χ3v) is 4.78. The summed E-state index contributed by atoms with van der Waals surface area (Å²) in [4.78, 5) is 0. The lowest BCUT2D eigenvalue weighted by atomic mass is 10.0. The van der Waals surface area contributed by atoms with Crippen LogP contribution in [0.25, 0.3) is 0 Å². The van der Waals surface area contributed by atoms with Crippen LogP contribution in [0.5, 0.6) is 0 Å². The molecule has 4 nitrogen and oxygen atoms in total. The van der Waals surface area contributed by atoms with E-state index >= 15 is 0 Å². The van der Waals surface area contributed by atoms with Crippen LogP contribution in [0.4, 0.5) is 0 Å². The predicted molar refractivity (Wildman–Crippen MR) is 94.0 cm³/mol. The number of thioether (sulfide) groups is 1. The van der Waals surface area contributed by atoms with Crippen LogP contribution in [-0.2, 0) is 5.75 Å². The van der Waals surface area contributed by atoms with Crippen LogP contribution in [-0.4, -0.2) is 10.2 Å². The van der Waals surface area contributed by atoms with Crippen molar-refractivity contribution in [2.24, 2.45) is 11.7 Å². The van der Waals surface area contributed by atoms with E-state index in [9.17, 15) is 0 Å². The Morgan fingerprint density at radius 1 is 1.32 bits per heavy atom. The van der Waals surface area contributed by atoms with Crippen molar-refractivity contribution in [1.82, 2.24) is 10.2 Å². The maximum Gasteiger partial charge on any atom is 0.276 e. The normalized spacial score (nSPS) is 13.5. The quantitative estimate of drug-likeness (QED) is 0.701. The second-order valence-electron chi connectivity index (χ2n) is 4.84. The molecular weight excluding hydrogens is 365 g/mol. The van der Waals surface area contributed by atoms with Gasteiger partial charge in [0.1, 0.15) is 0 Å². The summed E-state index contributed by atoms with van der Waals surface area (Å²) in [6.07, 6.45) is 0.965. The second kappa shape index (κ2) is 8.99. The molecule has 1 heterocycles. The molecule has 2 unspecified atom stereocenters. The van der Waals surface area contributed by atoms with Crippen LogP contribution < -0.4 is 5.73 Å². The average Bonchev–Trinajstić information content (AvgIpc) is 2.93. The minimum absolute atomic E-state index is 0. The van der Waals surface area contributed by atoms with E-state index in [1.54, 1.807) is 12.1 Å². The van der Waals surface area contributed by atoms with Crippen molar-refractivity contribution in [3.63, 3.8) is 0 Å². The molecule has 0 bridgehead atoms. The third-order valence-electron chi connectivity index (χ3n) is 3.33. The molecule has 0 radical (unpaired) electrons. The summed E-state index contributed by atoms with van der Waals surface area (Å²) in [6, 6.07) is 5.19. The highest BCUT2D eigenvalue weighted by Crippen LogP contribution is 2.29. The fourth-order valence-corrected chi connectivity index (χ4v) is 3.02. The number of rotatable bonds is 6. The maximum absolute atomic E-state index is 6.13. The smallest absolute Gasteiger partial charge is 0.276 e. The van der Waals surface area contributed by atoms with Crippen LogP contribution in [0.2, 0.25) is 10.0 Å². The predicted octanol–water partition coefficient (Wildman–Crippen LogP) is 5.14. The molecule has 0 fully saturated rings. The summed E-state index contributed by atoms with van der Waals surface area (Å²) in [6.45, 7) is 4.15. The Labute approximate surface area is 150 Å². The van der Waals surface area contributed by atoms with E-state index in [-0.39, 0.29) is 18.4 Å². The van der Waals surface area contributed by atoms with Crippen LogP contribution in [0.3, 0.4) is 0 Å². The summed E-state index contributed by atoms with van der Waals surface area (Å²) < 4.78 is 5.60. The van der Waals surface area contributed by atoms with Gasteiger partial charge in [-0.2, -0.15) is 0 Å². The fourth-order valence-electron chi connectivity index (χ4n) is 1.69. The first-order valence-electron chi connectivity index (χ1n) is 6.67. The third kappa shape index (κ3) is 5.03. The monoisotopic (exact) mass is 381 g/mol. The molecule has 8 heteroatoms. The van der Waals surface area contributed by atoms with Gasteiger partial charge in [0.05, 0.1) is 6.04 Å². The average molecular weight is 383 g/mol. The van der Waals surface area contributed by atoms with Gasteiger partial charge in [-0.05, 0) is 23.6 Å². The van der Waals surface area contributed by atoms with Crippen LogP contribution >= 0.6 is 47.4 Å². The van der Waals surface area contributed by atoms with E-state index in [2.05, 4.69) is 24.0 Å². The topological polar surface area (TPSA) is 64.9 Å². The lowest BCUT2D eigenvalue weighted by molar-refractivity contribution is 0.333. The van der Waals surface area contributed by atoms with Gasteiger partial charge in [0, 0.05) is 15.8 Å². The van der Waals surface area contributed by atoms with E-state index in [0.717, 1.165) is 12.0 Å². The molecule has 1 aromatic carbocycles. The molecule has 0 aliphatic heterocycles. The zero-order valence-electron chi connectivity index (χ0n) is 12.3. The van der Waals surface area contributed by atoms with E-state index in [1.165, 1.54) is 11.8 Å². The van der Waals surface area contributed by atoms with Gasteiger partial charge in [-0.1, -0.05) is 61.3 Å². The van der Waals surface area contributed by atoms with Crippen LogP contribution in [0, 0.1) is 5.92 Å². The first-order chi connectivity index (χ1) is 10.0. The van der Waals surface area contributed by atoms with Gasteiger partial charge in [-0.25, -0.2) is 0 Å². The van der Waals surface area contributed by atoms with E-state index < -0.39 is 0 Å². The van der Waals surface area contributed by atoms with Gasteiger partial charge in [0.15, 0.2) is 0 Å². The van der Waals surface area contributed by atoms with Crippen molar-refractivity contribution in [2.45, 2.75) is 37.3 Å². The number of hydrogen-bond acceptors (Lipinski definition) is 5. The minimum atomic E-state index is -0.226. The number of aromatic nitrogens is 2. The van der Waals surface area contributed by atoms with Gasteiger partial charge in [0.2, 0.25) is 5.89 Å². The van der Waals surface area contributed by atoms with Crippen molar-refractivity contribution in [3.8, 4) is 0 Å². The SMILES string of the molecule is CCC(C)C(N)c1nnc(SCc2ccc(Cl)cc2Cl)o1.Cl. The van der Waals surface area contributed by atoms with Crippen molar-refractivity contribution >= 4 is 47.4 Å². The Kier molecular flexibility index (Phi) is 8.00. The van der Waals surface area contributed by atoms with Gasteiger partial charge in [-0.3, -0.25) is 0 Å². The Morgan fingerprint density at radius 3 is 2.68 bits per heavy atom. The molecule has 2 rings (SSSR count). The zero-order chi connectivity index (χ0) is 15.4. The maximum atomic E-state index is 6.13. The Morgan fingerprint density at radius 2 is 2.05 bits per heavy atom. The first kappa shape index (κ1) is 19.6. The summed E-state index contributed by atoms with van der Waals surface area (Å²) >= 11 is 13.4. The highest BCUT2D eigenvalue weighted by Gasteiger charge is 2.20. The molecule has 0 saturated heterocycles. The molecular formula is C14H18Cl3N3OS. The lowest BCUT2D eigenvalue weighted by Gasteiger charge is -2.13. The summed E-state index contributed by atoms with van der Waals surface area (Å²) in [5.74, 6) is 1.42. The molecule has 0 aliphatic rings. The van der Waals surface area contributed by atoms with Gasteiger partial charge < -0.3 is 10.2 Å². The second-order valence-corrected chi connectivity index (χ2v) is 6.61. The van der Waals surface area contributed by atoms with Gasteiger partial charge >= 0.3 is 0 Å². The number of halogens is 3. The Hall–Kier alpha value is -0.460. The molecule has 22 heavy (non-hydrogen) atoms. The summed E-state index contributed by atoms with van der Waals surface area (Å²) in [5, 5.41) is 9.78. The number of benzene rings is 1. The molecule has 1 aromatic heterocycles. The first-order valence-corrected chi connectivity index (χ1v) is 8.41. The molecule has 0 saturated carbocycles. The molecule has 2 aromatic rings. The standard InChI is InChI=1S/C14H17Cl2N3OS.ClH/c1-3-8(2)12(17)13-18-19-14(20-13)21-7-9-4-5-10(15)6-11(9)16;/h4-6,8,12H,3,7,17H2,1-2H3;1H. The van der Waals surface area contributed by atoms with Crippen molar-refractivity contribution in [2.75, 3.05) is 0 Å². The fraction of sp³-hybridized carbons (Fsp3) is 0.429. The van der Waals surface area contributed by atoms with Crippen LogP contribution in [0.15, 0.2) is 27.8 Å². The Bertz CT molecular complexity index is 609. The van der Waals surface area contributed by atoms with Crippen molar-refractivity contribution in [3.05, 3.63) is 39.7 Å². The van der Waals surface area contributed by atoms with E-state index in [0.29, 0.717) is 32.8 Å². The van der Waals surface area contributed by atoms with Crippen molar-refractivity contribution in [1.29, 1.82) is 0 Å². The molecule has 2 N–H and O–H groups in total. The summed E-state index contributed by atoms with van der Waals surface area (Å²) in [5.41, 5.74) is 7.04. The minimum Gasteiger partial charge on any atom is -0.414 e. The zero-order valence-corrected chi connectivity index (χ0v) is 15.4. The van der Waals surface area contributed by atoms with Crippen molar-refractivity contribution < 1.29 is 4.42 Å². The van der Waals surface area contributed by atoms with Crippen LogP contribution in [0.1, 0.15) is 37.8 Å². The molecule has 0 amide bonds. The lowest BCUT2D eigenvalue weighted by Crippen LogP contribution is -2.18. The molecule has 0 spiro atoms. The number of nitrogens with two attached hydrogens (primary N) is 1. The summed E-state index contributed by atoms with van der Waals surface area (Å²) in [7, 11) is 0. The number of nitrogens with zero attached hydrogens (tertiary/aromatic N) is 2. The van der Waals surface area contributed by atoms with E-state index in [1.807, 2.05) is 6.07 Å². The van der Waals surface area contributed by atoms with Gasteiger partial charge in [0.25, 0.3) is 5.22 Å². The Balaban J connectivity index is 0.00000242. The largest absolute Gasteiger partial charge is 0.414 e. The van der Waals surface area contributed by atoms with E-state index in [4.69, 9.17) is 33.4 Å². The highest BCUT2D eigenvalue weighted by molar-refractivity contribution is 7.98. The highest BCUT2D eigenvalue weighted by atomic mass is 35.5. The molecule has 2 atom stereocenters.